The number of hydrogen-bond donors (Lipinski definition) is 2. The van der Waals surface area contributed by atoms with Gasteiger partial charge in [0.05, 0.1) is 0 Å². The number of aromatic nitrogens is 2. The maximum absolute atomic E-state index is 12.3. The predicted octanol–water partition coefficient (Wildman–Crippen LogP) is 2.79. The average Bonchev–Trinajstić information content (AvgIpc) is 2.38. The molecule has 0 radical (unpaired) electrons. The van der Waals surface area contributed by atoms with Crippen LogP contribution in [0, 0.1) is 0 Å². The molecular formula is C12H11F3N4O2. The summed E-state index contributed by atoms with van der Waals surface area (Å²) in [5.74, 6) is -0.342. The minimum absolute atomic E-state index is 0.00919. The Morgan fingerprint density at radius 2 is 1.81 bits per heavy atom. The number of nitrogens with two attached hydrogens (primary N) is 1. The Labute approximate surface area is 117 Å². The highest BCUT2D eigenvalue weighted by Gasteiger charge is 2.32. The van der Waals surface area contributed by atoms with E-state index in [1.54, 1.807) is 7.05 Å². The normalized spacial score (nSPS) is 11.0. The van der Waals surface area contributed by atoms with Gasteiger partial charge in [-0.25, -0.2) is 0 Å². The number of nitrogen functional groups attached to an aromatic ring is 1. The first-order valence-electron chi connectivity index (χ1n) is 5.72. The zero-order valence-electron chi connectivity index (χ0n) is 10.8. The highest BCUT2D eigenvalue weighted by molar-refractivity contribution is 5.46. The first-order valence-corrected chi connectivity index (χ1v) is 5.72. The van der Waals surface area contributed by atoms with E-state index in [4.69, 9.17) is 10.5 Å². The maximum Gasteiger partial charge on any atom is 0.573 e. The van der Waals surface area contributed by atoms with Gasteiger partial charge in [-0.3, -0.25) is 0 Å². The number of rotatable bonds is 4. The van der Waals surface area contributed by atoms with E-state index in [1.165, 1.54) is 24.3 Å². The quantitative estimate of drug-likeness (QED) is 0.903. The van der Waals surface area contributed by atoms with Crippen LogP contribution in [0.25, 0.3) is 0 Å². The lowest BCUT2D eigenvalue weighted by molar-refractivity contribution is -0.275. The fraction of sp³-hybridized carbons (Fsp3) is 0.167. The molecule has 0 atom stereocenters. The first-order chi connectivity index (χ1) is 9.87. The number of para-hydroxylation sites is 2. The summed E-state index contributed by atoms with van der Waals surface area (Å²) in [4.78, 5) is 7.62. The number of nitrogens with zero attached hydrogens (tertiary/aromatic N) is 2. The smallest absolute Gasteiger partial charge is 0.435 e. The Morgan fingerprint density at radius 3 is 2.43 bits per heavy atom. The van der Waals surface area contributed by atoms with Crippen LogP contribution in [0.5, 0.6) is 17.4 Å². The van der Waals surface area contributed by atoms with Crippen LogP contribution in [0.2, 0.25) is 0 Å². The van der Waals surface area contributed by atoms with Gasteiger partial charge in [0, 0.05) is 13.1 Å². The number of benzene rings is 1. The Bertz CT molecular complexity index is 634. The predicted molar refractivity (Wildman–Crippen MR) is 69.2 cm³/mol. The van der Waals surface area contributed by atoms with Crippen LogP contribution in [0.1, 0.15) is 0 Å². The molecule has 3 N–H and O–H groups in total. The molecule has 0 unspecified atom stereocenters. The van der Waals surface area contributed by atoms with Crippen molar-refractivity contribution in [2.45, 2.75) is 6.36 Å². The van der Waals surface area contributed by atoms with Crippen LogP contribution < -0.4 is 20.5 Å². The Kier molecular flexibility index (Phi) is 4.01. The molecule has 1 heterocycles. The number of anilines is 2. The molecule has 0 bridgehead atoms. The fourth-order valence-corrected chi connectivity index (χ4v) is 1.48. The lowest BCUT2D eigenvalue weighted by Gasteiger charge is -2.13. The second-order valence-electron chi connectivity index (χ2n) is 3.80. The van der Waals surface area contributed by atoms with Gasteiger partial charge < -0.3 is 20.5 Å². The van der Waals surface area contributed by atoms with Crippen molar-refractivity contribution in [3.8, 4) is 17.4 Å². The Morgan fingerprint density at radius 1 is 1.14 bits per heavy atom. The second-order valence-corrected chi connectivity index (χ2v) is 3.80. The van der Waals surface area contributed by atoms with Crippen molar-refractivity contribution >= 4 is 11.8 Å². The molecule has 2 aromatic rings. The van der Waals surface area contributed by atoms with Crippen molar-refractivity contribution in [2.24, 2.45) is 0 Å². The number of ether oxygens (including phenoxy) is 2. The van der Waals surface area contributed by atoms with Gasteiger partial charge in [0.2, 0.25) is 11.8 Å². The third-order valence-electron chi connectivity index (χ3n) is 2.27. The van der Waals surface area contributed by atoms with E-state index in [0.29, 0.717) is 5.82 Å². The maximum atomic E-state index is 12.3. The fourth-order valence-electron chi connectivity index (χ4n) is 1.48. The number of halogens is 3. The molecule has 0 fully saturated rings. The summed E-state index contributed by atoms with van der Waals surface area (Å²) in [6, 6.07) is 6.73. The number of alkyl halides is 3. The summed E-state index contributed by atoms with van der Waals surface area (Å²) in [5, 5.41) is 2.72. The summed E-state index contributed by atoms with van der Waals surface area (Å²) in [5.41, 5.74) is 5.47. The molecule has 0 aliphatic rings. The van der Waals surface area contributed by atoms with E-state index in [2.05, 4.69) is 20.0 Å². The molecule has 112 valence electrons. The van der Waals surface area contributed by atoms with Gasteiger partial charge in [-0.05, 0) is 12.1 Å². The van der Waals surface area contributed by atoms with Crippen LogP contribution in [-0.2, 0) is 0 Å². The number of nitrogens with one attached hydrogen (secondary N) is 1. The Hall–Kier alpha value is -2.71. The topological polar surface area (TPSA) is 82.3 Å². The van der Waals surface area contributed by atoms with Crippen molar-refractivity contribution in [3.05, 3.63) is 30.3 Å². The molecule has 1 aromatic carbocycles. The highest BCUT2D eigenvalue weighted by Crippen LogP contribution is 2.34. The number of hydrogen-bond acceptors (Lipinski definition) is 6. The molecule has 0 spiro atoms. The Balaban J connectivity index is 2.29. The summed E-state index contributed by atoms with van der Waals surface area (Å²) >= 11 is 0. The van der Waals surface area contributed by atoms with E-state index in [0.717, 1.165) is 6.07 Å². The van der Waals surface area contributed by atoms with Crippen LogP contribution >= 0.6 is 0 Å². The van der Waals surface area contributed by atoms with Crippen molar-refractivity contribution in [1.82, 2.24) is 9.97 Å². The molecule has 0 saturated heterocycles. The highest BCUT2D eigenvalue weighted by atomic mass is 19.4. The third-order valence-corrected chi connectivity index (χ3v) is 2.27. The second kappa shape index (κ2) is 5.73. The minimum Gasteiger partial charge on any atom is -0.435 e. The molecule has 0 aliphatic carbocycles. The first kappa shape index (κ1) is 14.7. The molecule has 1 aromatic heterocycles. The molecule has 2 rings (SSSR count). The summed E-state index contributed by atoms with van der Waals surface area (Å²) in [7, 11) is 1.60. The average molecular weight is 300 g/mol. The summed E-state index contributed by atoms with van der Waals surface area (Å²) < 4.78 is 46.1. The van der Waals surface area contributed by atoms with Gasteiger partial charge in [-0.1, -0.05) is 12.1 Å². The van der Waals surface area contributed by atoms with E-state index in [1.807, 2.05) is 0 Å². The van der Waals surface area contributed by atoms with Gasteiger partial charge >= 0.3 is 6.36 Å². The van der Waals surface area contributed by atoms with Gasteiger partial charge in [0.1, 0.15) is 5.82 Å². The van der Waals surface area contributed by atoms with Gasteiger partial charge in [0.15, 0.2) is 11.5 Å². The molecule has 9 heteroatoms. The van der Waals surface area contributed by atoms with Crippen molar-refractivity contribution < 1.29 is 22.6 Å². The van der Waals surface area contributed by atoms with Crippen molar-refractivity contribution in [2.75, 3.05) is 18.1 Å². The summed E-state index contributed by atoms with van der Waals surface area (Å²) in [6.45, 7) is 0. The zero-order chi connectivity index (χ0) is 15.5. The molecule has 0 amide bonds. The molecule has 6 nitrogen and oxygen atoms in total. The minimum atomic E-state index is -4.82. The van der Waals surface area contributed by atoms with Crippen LogP contribution in [0.3, 0.4) is 0 Å². The lowest BCUT2D eigenvalue weighted by Crippen LogP contribution is -2.17. The zero-order valence-corrected chi connectivity index (χ0v) is 10.8. The van der Waals surface area contributed by atoms with E-state index in [9.17, 15) is 13.2 Å². The van der Waals surface area contributed by atoms with Crippen LogP contribution in [0.15, 0.2) is 30.3 Å². The van der Waals surface area contributed by atoms with Gasteiger partial charge in [0.25, 0.3) is 0 Å². The lowest BCUT2D eigenvalue weighted by atomic mass is 10.3. The molecule has 0 saturated carbocycles. The molecule has 21 heavy (non-hydrogen) atoms. The van der Waals surface area contributed by atoms with Crippen LogP contribution in [0.4, 0.5) is 24.9 Å². The SMILES string of the molecule is CNc1cc(Oc2ccccc2OC(F)(F)F)nc(N)n1. The van der Waals surface area contributed by atoms with Crippen molar-refractivity contribution in [1.29, 1.82) is 0 Å². The van der Waals surface area contributed by atoms with Crippen molar-refractivity contribution in [3.63, 3.8) is 0 Å². The van der Waals surface area contributed by atoms with E-state index >= 15 is 0 Å². The molecular weight excluding hydrogens is 289 g/mol. The third kappa shape index (κ3) is 4.13. The van der Waals surface area contributed by atoms with E-state index < -0.39 is 12.1 Å². The molecule has 0 aliphatic heterocycles. The largest absolute Gasteiger partial charge is 0.573 e. The monoisotopic (exact) mass is 300 g/mol. The van der Waals surface area contributed by atoms with Gasteiger partial charge in [-0.15, -0.1) is 13.2 Å². The summed E-state index contributed by atoms with van der Waals surface area (Å²) in [6.07, 6.45) is -4.82. The standard InChI is InChI=1S/C12H11F3N4O2/c1-17-9-6-10(19-11(16)18-9)20-7-4-2-3-5-8(7)21-12(13,14)15/h2-6H,1H3,(H3,16,17,18,19). The van der Waals surface area contributed by atoms with Crippen LogP contribution in [-0.4, -0.2) is 23.4 Å². The van der Waals surface area contributed by atoms with Gasteiger partial charge in [-0.2, -0.15) is 9.97 Å². The van der Waals surface area contributed by atoms with E-state index in [-0.39, 0.29) is 17.6 Å².